The first-order valence-electron chi connectivity index (χ1n) is 7.39. The zero-order valence-corrected chi connectivity index (χ0v) is 13.1. The minimum atomic E-state index is -0.0854. The van der Waals surface area contributed by atoms with Gasteiger partial charge in [-0.1, -0.05) is 30.7 Å². The molecule has 22 heavy (non-hydrogen) atoms. The fraction of sp³-hybridized carbons (Fsp3) is 0.375. The van der Waals surface area contributed by atoms with Crippen LogP contribution in [0.4, 0.5) is 0 Å². The molecule has 2 aromatic rings. The van der Waals surface area contributed by atoms with Crippen LogP contribution in [0.25, 0.3) is 0 Å². The van der Waals surface area contributed by atoms with Crippen LogP contribution in [0.5, 0.6) is 5.75 Å². The van der Waals surface area contributed by atoms with Gasteiger partial charge in [0, 0.05) is 19.5 Å². The van der Waals surface area contributed by atoms with E-state index in [1.807, 2.05) is 31.2 Å². The zero-order chi connectivity index (χ0) is 15.5. The van der Waals surface area contributed by atoms with Gasteiger partial charge in [0.25, 0.3) is 0 Å². The maximum absolute atomic E-state index is 12.3. The summed E-state index contributed by atoms with van der Waals surface area (Å²) in [4.78, 5) is 12.3. The molecule has 116 valence electrons. The normalized spacial score (nSPS) is 14.6. The van der Waals surface area contributed by atoms with Gasteiger partial charge in [0.15, 0.2) is 5.78 Å². The van der Waals surface area contributed by atoms with E-state index in [0.29, 0.717) is 10.7 Å². The summed E-state index contributed by atoms with van der Waals surface area (Å²) in [6.45, 7) is 3.74. The summed E-state index contributed by atoms with van der Waals surface area (Å²) in [6, 6.07) is 7.59. The Labute approximate surface area is 134 Å². The van der Waals surface area contributed by atoms with Crippen molar-refractivity contribution in [2.75, 3.05) is 13.1 Å². The molecule has 2 heterocycles. The van der Waals surface area contributed by atoms with Gasteiger partial charge >= 0.3 is 0 Å². The maximum atomic E-state index is 12.3. The van der Waals surface area contributed by atoms with E-state index >= 15 is 0 Å². The zero-order valence-electron chi connectivity index (χ0n) is 12.4. The van der Waals surface area contributed by atoms with Crippen LogP contribution in [0.1, 0.15) is 28.7 Å². The number of carbonyl (C=O) groups is 1. The van der Waals surface area contributed by atoms with Gasteiger partial charge in [-0.15, -0.1) is 0 Å². The fourth-order valence-corrected chi connectivity index (χ4v) is 2.60. The number of hydrogen-bond acceptors (Lipinski definition) is 4. The second kappa shape index (κ2) is 6.50. The summed E-state index contributed by atoms with van der Waals surface area (Å²) in [5.41, 5.74) is 2.03. The summed E-state index contributed by atoms with van der Waals surface area (Å²) in [7, 11) is 0. The van der Waals surface area contributed by atoms with Crippen LogP contribution >= 0.6 is 11.6 Å². The minimum absolute atomic E-state index is 0.0854. The van der Waals surface area contributed by atoms with Crippen LogP contribution < -0.4 is 10.1 Å². The molecule has 0 atom stereocenters. The molecule has 6 heteroatoms. The van der Waals surface area contributed by atoms with Crippen molar-refractivity contribution in [3.8, 4) is 5.75 Å². The number of rotatable bonds is 6. The fourth-order valence-electron chi connectivity index (χ4n) is 2.28. The van der Waals surface area contributed by atoms with Crippen molar-refractivity contribution in [3.05, 3.63) is 46.2 Å². The van der Waals surface area contributed by atoms with Crippen molar-refractivity contribution in [3.63, 3.8) is 0 Å². The number of ether oxygens (including phenoxy) is 1. The highest BCUT2D eigenvalue weighted by Gasteiger charge is 2.19. The lowest BCUT2D eigenvalue weighted by atomic mass is 10.1. The molecule has 3 rings (SSSR count). The Kier molecular flexibility index (Phi) is 4.45. The van der Waals surface area contributed by atoms with Crippen molar-refractivity contribution >= 4 is 17.4 Å². The number of nitrogens with zero attached hydrogens (tertiary/aromatic N) is 1. The summed E-state index contributed by atoms with van der Waals surface area (Å²) in [5, 5.41) is 10.4. The number of benzene rings is 1. The Morgan fingerprint density at radius 1 is 1.36 bits per heavy atom. The van der Waals surface area contributed by atoms with E-state index in [0.717, 1.165) is 36.5 Å². The van der Waals surface area contributed by atoms with Crippen molar-refractivity contribution in [1.29, 1.82) is 0 Å². The number of H-pyrrole nitrogens is 1. The number of aryl methyl sites for hydroxylation is 1. The SMILES string of the molecule is CCc1[nH]nc(C(=O)Cc2ccc(OC3CNC3)cc2)c1Cl. The molecule has 1 aliphatic heterocycles. The van der Waals surface area contributed by atoms with Gasteiger partial charge in [-0.05, 0) is 24.1 Å². The highest BCUT2D eigenvalue weighted by molar-refractivity contribution is 6.34. The highest BCUT2D eigenvalue weighted by Crippen LogP contribution is 2.21. The topological polar surface area (TPSA) is 67.0 Å². The van der Waals surface area contributed by atoms with Crippen molar-refractivity contribution in [2.45, 2.75) is 25.9 Å². The Bertz CT molecular complexity index is 663. The van der Waals surface area contributed by atoms with Crippen LogP contribution in [0.15, 0.2) is 24.3 Å². The minimum Gasteiger partial charge on any atom is -0.488 e. The average molecular weight is 320 g/mol. The van der Waals surface area contributed by atoms with Crippen LogP contribution in [-0.4, -0.2) is 35.2 Å². The van der Waals surface area contributed by atoms with E-state index in [1.54, 1.807) is 0 Å². The number of nitrogens with one attached hydrogen (secondary N) is 2. The average Bonchev–Trinajstić information content (AvgIpc) is 2.85. The van der Waals surface area contributed by atoms with Gasteiger partial charge in [0.05, 0.1) is 10.7 Å². The molecule has 0 radical (unpaired) electrons. The number of aromatic nitrogens is 2. The molecule has 1 aliphatic rings. The molecule has 1 saturated heterocycles. The summed E-state index contributed by atoms with van der Waals surface area (Å²) >= 11 is 6.15. The van der Waals surface area contributed by atoms with Gasteiger partial charge in [-0.3, -0.25) is 9.89 Å². The van der Waals surface area contributed by atoms with Crippen LogP contribution in [0.3, 0.4) is 0 Å². The third-order valence-corrected chi connectivity index (χ3v) is 4.14. The first kappa shape index (κ1) is 15.1. The maximum Gasteiger partial charge on any atom is 0.188 e. The van der Waals surface area contributed by atoms with Gasteiger partial charge in [0.1, 0.15) is 17.5 Å². The molecule has 0 spiro atoms. The number of carbonyl (C=O) groups excluding carboxylic acids is 1. The first-order valence-corrected chi connectivity index (χ1v) is 7.77. The second-order valence-electron chi connectivity index (χ2n) is 5.36. The van der Waals surface area contributed by atoms with E-state index in [9.17, 15) is 4.79 Å². The predicted molar refractivity (Wildman–Crippen MR) is 84.7 cm³/mol. The molecule has 5 nitrogen and oxygen atoms in total. The van der Waals surface area contributed by atoms with Gasteiger partial charge < -0.3 is 10.1 Å². The van der Waals surface area contributed by atoms with E-state index in [1.165, 1.54) is 0 Å². The molecular formula is C16H18ClN3O2. The largest absolute Gasteiger partial charge is 0.488 e. The standard InChI is InChI=1S/C16H18ClN3O2/c1-2-13-15(17)16(20-19-13)14(21)7-10-3-5-11(6-4-10)22-12-8-18-9-12/h3-6,12,18H,2,7-9H2,1H3,(H,19,20). The van der Waals surface area contributed by atoms with Crippen LogP contribution in [-0.2, 0) is 12.8 Å². The Hall–Kier alpha value is -1.85. The summed E-state index contributed by atoms with van der Waals surface area (Å²) in [6.07, 6.45) is 1.25. The smallest absolute Gasteiger partial charge is 0.188 e. The molecule has 1 aromatic heterocycles. The third-order valence-electron chi connectivity index (χ3n) is 3.73. The highest BCUT2D eigenvalue weighted by atomic mass is 35.5. The Morgan fingerprint density at radius 2 is 2.09 bits per heavy atom. The molecule has 1 aromatic carbocycles. The second-order valence-corrected chi connectivity index (χ2v) is 5.74. The number of Topliss-reactive ketones (excluding diaryl/α,β-unsaturated/α-hetero) is 1. The predicted octanol–water partition coefficient (Wildman–Crippen LogP) is 2.40. The van der Waals surface area contributed by atoms with E-state index in [2.05, 4.69) is 15.5 Å². The van der Waals surface area contributed by atoms with Crippen molar-refractivity contribution in [1.82, 2.24) is 15.5 Å². The van der Waals surface area contributed by atoms with E-state index in [4.69, 9.17) is 16.3 Å². The molecule has 0 bridgehead atoms. The van der Waals surface area contributed by atoms with Gasteiger partial charge in [-0.2, -0.15) is 5.10 Å². The lowest BCUT2D eigenvalue weighted by Crippen LogP contribution is -2.50. The third kappa shape index (κ3) is 3.15. The van der Waals surface area contributed by atoms with E-state index < -0.39 is 0 Å². The lowest BCUT2D eigenvalue weighted by Gasteiger charge is -2.27. The van der Waals surface area contributed by atoms with Crippen LogP contribution in [0, 0.1) is 0 Å². The first-order chi connectivity index (χ1) is 10.7. The van der Waals surface area contributed by atoms with Crippen LogP contribution in [0.2, 0.25) is 5.02 Å². The molecule has 1 fully saturated rings. The summed E-state index contributed by atoms with van der Waals surface area (Å²) in [5.74, 6) is 0.742. The summed E-state index contributed by atoms with van der Waals surface area (Å²) < 4.78 is 5.75. The van der Waals surface area contributed by atoms with Gasteiger partial charge in [-0.25, -0.2) is 0 Å². The quantitative estimate of drug-likeness (QED) is 0.802. The molecular weight excluding hydrogens is 302 g/mol. The molecule has 0 aliphatic carbocycles. The molecule has 0 unspecified atom stereocenters. The number of ketones is 1. The number of aromatic amines is 1. The van der Waals surface area contributed by atoms with Crippen molar-refractivity contribution in [2.24, 2.45) is 0 Å². The van der Waals surface area contributed by atoms with Gasteiger partial charge in [0.2, 0.25) is 0 Å². The molecule has 0 amide bonds. The number of halogens is 1. The monoisotopic (exact) mass is 319 g/mol. The van der Waals surface area contributed by atoms with E-state index in [-0.39, 0.29) is 18.3 Å². The van der Waals surface area contributed by atoms with Crippen molar-refractivity contribution < 1.29 is 9.53 Å². The lowest BCUT2D eigenvalue weighted by molar-refractivity contribution is 0.0988. The molecule has 2 N–H and O–H groups in total. The Balaban J connectivity index is 1.64. The Morgan fingerprint density at radius 3 is 2.64 bits per heavy atom. The molecule has 0 saturated carbocycles. The number of hydrogen-bond donors (Lipinski definition) is 2.